The van der Waals surface area contributed by atoms with Gasteiger partial charge in [0.25, 0.3) is 5.56 Å². The van der Waals surface area contributed by atoms with E-state index in [0.29, 0.717) is 17.4 Å². The van der Waals surface area contributed by atoms with Crippen LogP contribution in [0.3, 0.4) is 0 Å². The minimum atomic E-state index is -0.196. The standard InChI is InChI=1S/C15H18BrN3O2/c1-3-4-7-18(2)14(20)9-19-10-17-13-6-5-11(16)8-12(13)15(19)21/h5-6,8,10H,3-4,7,9H2,1-2H3. The number of benzene rings is 1. The van der Waals surface area contributed by atoms with Gasteiger partial charge in [0, 0.05) is 18.1 Å². The third-order valence-electron chi connectivity index (χ3n) is 3.36. The highest BCUT2D eigenvalue weighted by atomic mass is 79.9. The maximum Gasteiger partial charge on any atom is 0.261 e. The number of rotatable bonds is 5. The molecule has 0 bridgehead atoms. The molecule has 1 heterocycles. The van der Waals surface area contributed by atoms with Gasteiger partial charge >= 0.3 is 0 Å². The summed E-state index contributed by atoms with van der Waals surface area (Å²) in [6, 6.07) is 5.34. The van der Waals surface area contributed by atoms with Crippen LogP contribution < -0.4 is 5.56 Å². The predicted molar refractivity (Wildman–Crippen MR) is 86.2 cm³/mol. The number of carbonyl (C=O) groups is 1. The zero-order valence-corrected chi connectivity index (χ0v) is 13.8. The maximum absolute atomic E-state index is 12.4. The minimum Gasteiger partial charge on any atom is -0.344 e. The van der Waals surface area contributed by atoms with Crippen LogP contribution in [-0.4, -0.2) is 34.0 Å². The van der Waals surface area contributed by atoms with Crippen molar-refractivity contribution >= 4 is 32.7 Å². The molecule has 0 spiro atoms. The van der Waals surface area contributed by atoms with E-state index in [1.54, 1.807) is 24.1 Å². The Bertz CT molecular complexity index is 712. The summed E-state index contributed by atoms with van der Waals surface area (Å²) in [5, 5.41) is 0.510. The number of hydrogen-bond acceptors (Lipinski definition) is 3. The number of aromatic nitrogens is 2. The number of halogens is 1. The number of nitrogens with zero attached hydrogens (tertiary/aromatic N) is 3. The van der Waals surface area contributed by atoms with E-state index < -0.39 is 0 Å². The number of hydrogen-bond donors (Lipinski definition) is 0. The topological polar surface area (TPSA) is 55.2 Å². The van der Waals surface area contributed by atoms with Gasteiger partial charge in [-0.3, -0.25) is 14.2 Å². The molecule has 2 aromatic rings. The second kappa shape index (κ2) is 6.85. The average Bonchev–Trinajstić information content (AvgIpc) is 2.48. The Morgan fingerprint density at radius 2 is 2.19 bits per heavy atom. The molecular formula is C15H18BrN3O2. The van der Waals surface area contributed by atoms with Gasteiger partial charge in [0.15, 0.2) is 0 Å². The summed E-state index contributed by atoms with van der Waals surface area (Å²) in [6.45, 7) is 2.80. The first-order valence-corrected chi connectivity index (χ1v) is 7.71. The monoisotopic (exact) mass is 351 g/mol. The van der Waals surface area contributed by atoms with Gasteiger partial charge in [0.05, 0.1) is 17.2 Å². The lowest BCUT2D eigenvalue weighted by Gasteiger charge is -2.17. The van der Waals surface area contributed by atoms with E-state index in [4.69, 9.17) is 0 Å². The lowest BCUT2D eigenvalue weighted by atomic mass is 10.2. The summed E-state index contributed by atoms with van der Waals surface area (Å²) in [7, 11) is 1.76. The Kier molecular flexibility index (Phi) is 5.12. The zero-order chi connectivity index (χ0) is 15.4. The van der Waals surface area contributed by atoms with Gasteiger partial charge in [0.1, 0.15) is 6.54 Å². The average molecular weight is 352 g/mol. The first-order valence-electron chi connectivity index (χ1n) is 6.91. The van der Waals surface area contributed by atoms with E-state index in [0.717, 1.165) is 17.3 Å². The van der Waals surface area contributed by atoms with Crippen LogP contribution in [0.5, 0.6) is 0 Å². The highest BCUT2D eigenvalue weighted by molar-refractivity contribution is 9.10. The SMILES string of the molecule is CCCCN(C)C(=O)Cn1cnc2ccc(Br)cc2c1=O. The first kappa shape index (κ1) is 15.7. The number of amides is 1. The summed E-state index contributed by atoms with van der Waals surface area (Å²) < 4.78 is 2.18. The maximum atomic E-state index is 12.4. The van der Waals surface area contributed by atoms with Crippen molar-refractivity contribution in [2.45, 2.75) is 26.3 Å². The van der Waals surface area contributed by atoms with E-state index in [9.17, 15) is 9.59 Å². The first-order chi connectivity index (χ1) is 10.0. The van der Waals surface area contributed by atoms with Crippen LogP contribution in [0.15, 0.2) is 33.8 Å². The molecule has 0 N–H and O–H groups in total. The molecule has 0 aliphatic carbocycles. The van der Waals surface area contributed by atoms with Crippen molar-refractivity contribution in [3.63, 3.8) is 0 Å². The van der Waals surface area contributed by atoms with Crippen molar-refractivity contribution < 1.29 is 4.79 Å². The van der Waals surface area contributed by atoms with Crippen LogP contribution in [0.25, 0.3) is 10.9 Å². The van der Waals surface area contributed by atoms with Crippen LogP contribution in [0.2, 0.25) is 0 Å². The van der Waals surface area contributed by atoms with Crippen molar-refractivity contribution in [3.05, 3.63) is 39.4 Å². The van der Waals surface area contributed by atoms with E-state index in [1.807, 2.05) is 6.07 Å². The van der Waals surface area contributed by atoms with Crippen molar-refractivity contribution in [1.82, 2.24) is 14.5 Å². The Morgan fingerprint density at radius 1 is 1.43 bits per heavy atom. The van der Waals surface area contributed by atoms with Gasteiger partial charge in [-0.1, -0.05) is 29.3 Å². The molecule has 0 saturated heterocycles. The third kappa shape index (κ3) is 3.69. The molecule has 1 amide bonds. The van der Waals surface area contributed by atoms with Crippen molar-refractivity contribution in [2.24, 2.45) is 0 Å². The molecule has 0 aliphatic heterocycles. The summed E-state index contributed by atoms with van der Waals surface area (Å²) in [6.07, 6.45) is 3.42. The van der Waals surface area contributed by atoms with Crippen LogP contribution in [0, 0.1) is 0 Å². The number of carbonyl (C=O) groups excluding carboxylic acids is 1. The molecule has 0 radical (unpaired) electrons. The lowest BCUT2D eigenvalue weighted by Crippen LogP contribution is -2.34. The summed E-state index contributed by atoms with van der Waals surface area (Å²) >= 11 is 3.34. The summed E-state index contributed by atoms with van der Waals surface area (Å²) in [4.78, 5) is 30.4. The molecule has 1 aromatic carbocycles. The van der Waals surface area contributed by atoms with Crippen LogP contribution in [0.1, 0.15) is 19.8 Å². The molecule has 0 saturated carbocycles. The van der Waals surface area contributed by atoms with E-state index in [-0.39, 0.29) is 18.0 Å². The molecule has 0 fully saturated rings. The fourth-order valence-corrected chi connectivity index (χ4v) is 2.39. The highest BCUT2D eigenvalue weighted by Gasteiger charge is 2.11. The molecule has 0 atom stereocenters. The molecule has 0 aliphatic rings. The second-order valence-electron chi connectivity index (χ2n) is 5.01. The largest absolute Gasteiger partial charge is 0.344 e. The van der Waals surface area contributed by atoms with Gasteiger partial charge in [-0.15, -0.1) is 0 Å². The quantitative estimate of drug-likeness (QED) is 0.831. The van der Waals surface area contributed by atoms with Crippen LogP contribution >= 0.6 is 15.9 Å². The summed E-state index contributed by atoms with van der Waals surface area (Å²) in [5.74, 6) is -0.0818. The predicted octanol–water partition coefficient (Wildman–Crippen LogP) is 2.42. The van der Waals surface area contributed by atoms with E-state index in [2.05, 4.69) is 27.8 Å². The molecule has 0 unspecified atom stereocenters. The molecule has 2 rings (SSSR count). The lowest BCUT2D eigenvalue weighted by molar-refractivity contribution is -0.130. The molecule has 21 heavy (non-hydrogen) atoms. The molecule has 112 valence electrons. The van der Waals surface area contributed by atoms with Gasteiger partial charge < -0.3 is 4.90 Å². The van der Waals surface area contributed by atoms with Gasteiger partial charge in [0.2, 0.25) is 5.91 Å². The van der Waals surface area contributed by atoms with E-state index in [1.165, 1.54) is 10.9 Å². The third-order valence-corrected chi connectivity index (χ3v) is 3.86. The molecule has 1 aromatic heterocycles. The Balaban J connectivity index is 2.25. The zero-order valence-electron chi connectivity index (χ0n) is 12.2. The summed E-state index contributed by atoms with van der Waals surface area (Å²) in [5.41, 5.74) is 0.435. The molecular weight excluding hydrogens is 334 g/mol. The van der Waals surface area contributed by atoms with Gasteiger partial charge in [-0.2, -0.15) is 0 Å². The molecule has 5 nitrogen and oxygen atoms in total. The fraction of sp³-hybridized carbons (Fsp3) is 0.400. The normalized spacial score (nSPS) is 10.8. The molecule has 6 heteroatoms. The number of unbranched alkanes of at least 4 members (excludes halogenated alkanes) is 1. The van der Waals surface area contributed by atoms with Crippen molar-refractivity contribution in [2.75, 3.05) is 13.6 Å². The van der Waals surface area contributed by atoms with Gasteiger partial charge in [-0.05, 0) is 24.6 Å². The van der Waals surface area contributed by atoms with Crippen LogP contribution in [0.4, 0.5) is 0 Å². The Labute approximate surface area is 131 Å². The fourth-order valence-electron chi connectivity index (χ4n) is 2.03. The van der Waals surface area contributed by atoms with Gasteiger partial charge in [-0.25, -0.2) is 4.98 Å². The van der Waals surface area contributed by atoms with Crippen molar-refractivity contribution in [1.29, 1.82) is 0 Å². The van der Waals surface area contributed by atoms with E-state index >= 15 is 0 Å². The van der Waals surface area contributed by atoms with Crippen LogP contribution in [-0.2, 0) is 11.3 Å². The van der Waals surface area contributed by atoms with Crippen molar-refractivity contribution in [3.8, 4) is 0 Å². The smallest absolute Gasteiger partial charge is 0.261 e. The number of likely N-dealkylation sites (N-methyl/N-ethyl adjacent to an activating group) is 1. The second-order valence-corrected chi connectivity index (χ2v) is 5.92. The Morgan fingerprint density at radius 3 is 2.90 bits per heavy atom. The highest BCUT2D eigenvalue weighted by Crippen LogP contribution is 2.14. The number of fused-ring (bicyclic) bond motifs is 1. The Hall–Kier alpha value is -1.69. The minimum absolute atomic E-state index is 0.0223.